The fourth-order valence-corrected chi connectivity index (χ4v) is 6.41. The van der Waals surface area contributed by atoms with Crippen molar-refractivity contribution in [2.75, 3.05) is 25.0 Å². The maximum atomic E-state index is 13.9. The molecule has 9 nitrogen and oxygen atoms in total. The van der Waals surface area contributed by atoms with Gasteiger partial charge in [-0.1, -0.05) is 26.8 Å². The zero-order valence-electron chi connectivity index (χ0n) is 22.5. The number of carboxylic acids is 1. The number of aromatic nitrogens is 1. The molecule has 37 heavy (non-hydrogen) atoms. The van der Waals surface area contributed by atoms with Crippen molar-refractivity contribution < 1.29 is 24.3 Å². The van der Waals surface area contributed by atoms with Crippen molar-refractivity contribution in [1.29, 1.82) is 0 Å². The molecule has 202 valence electrons. The van der Waals surface area contributed by atoms with Gasteiger partial charge in [0.05, 0.1) is 17.3 Å². The fraction of sp³-hybridized carbons (Fsp3) is 0.679. The number of nitrogens with zero attached hydrogens (tertiary/aromatic N) is 3. The standard InChI is InChI=1S/C28H40N4O5/c1-27(2,3)28(26(37)32-15-11-18(12-16-32)25(35)36)13-9-20(10-14-28)31(4)22-7-5-19(17-29-22)21-6-8-23(33)30-24(21)34/h5,7,17-18,20-21H,6,8-16H2,1-4H3,(H,35,36)(H,30,33,34)/t20-,21-,28+/m0/s1. The number of likely N-dealkylation sites (tertiary alicyclic amines) is 1. The van der Waals surface area contributed by atoms with Crippen molar-refractivity contribution >= 4 is 29.5 Å². The van der Waals surface area contributed by atoms with Crippen molar-refractivity contribution in [3.63, 3.8) is 0 Å². The Morgan fingerprint density at radius 2 is 1.73 bits per heavy atom. The summed E-state index contributed by atoms with van der Waals surface area (Å²) in [5.74, 6) is -0.951. The Balaban J connectivity index is 1.41. The van der Waals surface area contributed by atoms with Crippen LogP contribution in [-0.2, 0) is 19.2 Å². The lowest BCUT2D eigenvalue weighted by atomic mass is 9.57. The molecule has 3 aliphatic rings. The van der Waals surface area contributed by atoms with Gasteiger partial charge in [0.15, 0.2) is 0 Å². The van der Waals surface area contributed by atoms with Gasteiger partial charge >= 0.3 is 5.97 Å². The average molecular weight is 513 g/mol. The van der Waals surface area contributed by atoms with Crippen molar-refractivity contribution in [1.82, 2.24) is 15.2 Å². The zero-order chi connectivity index (χ0) is 27.0. The van der Waals surface area contributed by atoms with Crippen LogP contribution in [0.5, 0.6) is 0 Å². The zero-order valence-corrected chi connectivity index (χ0v) is 22.5. The third-order valence-corrected chi connectivity index (χ3v) is 9.11. The summed E-state index contributed by atoms with van der Waals surface area (Å²) in [5.41, 5.74) is 0.137. The first-order valence-electron chi connectivity index (χ1n) is 13.5. The Morgan fingerprint density at radius 1 is 1.08 bits per heavy atom. The van der Waals surface area contributed by atoms with E-state index in [2.05, 4.69) is 36.0 Å². The normalized spacial score (nSPS) is 27.5. The second-order valence-corrected chi connectivity index (χ2v) is 12.0. The molecule has 4 rings (SSSR count). The molecule has 3 fully saturated rings. The third kappa shape index (κ3) is 5.36. The highest BCUT2D eigenvalue weighted by molar-refractivity contribution is 6.00. The van der Waals surface area contributed by atoms with Gasteiger partial charge in [-0.3, -0.25) is 24.5 Å². The highest BCUT2D eigenvalue weighted by atomic mass is 16.4. The van der Waals surface area contributed by atoms with E-state index in [0.29, 0.717) is 38.8 Å². The summed E-state index contributed by atoms with van der Waals surface area (Å²) >= 11 is 0. The number of piperidine rings is 2. The number of carbonyl (C=O) groups is 4. The minimum atomic E-state index is -0.764. The third-order valence-electron chi connectivity index (χ3n) is 9.11. The second kappa shape index (κ2) is 10.4. The Labute approximate surface area is 219 Å². The minimum absolute atomic E-state index is 0.177. The lowest BCUT2D eigenvalue weighted by molar-refractivity contribution is -0.157. The van der Waals surface area contributed by atoms with Crippen molar-refractivity contribution in [2.45, 2.75) is 84.1 Å². The Kier molecular flexibility index (Phi) is 7.62. The van der Waals surface area contributed by atoms with E-state index in [1.807, 2.05) is 24.1 Å². The van der Waals surface area contributed by atoms with Crippen molar-refractivity contribution in [2.24, 2.45) is 16.7 Å². The minimum Gasteiger partial charge on any atom is -0.481 e. The molecule has 2 aliphatic heterocycles. The van der Waals surface area contributed by atoms with Crippen LogP contribution in [0.4, 0.5) is 5.82 Å². The number of aliphatic carboxylic acids is 1. The number of hydrogen-bond donors (Lipinski definition) is 2. The van der Waals surface area contributed by atoms with Crippen LogP contribution in [0.2, 0.25) is 0 Å². The number of nitrogens with one attached hydrogen (secondary N) is 1. The highest BCUT2D eigenvalue weighted by Crippen LogP contribution is 2.52. The first-order valence-corrected chi connectivity index (χ1v) is 13.5. The summed E-state index contributed by atoms with van der Waals surface area (Å²) in [6, 6.07) is 4.10. The van der Waals surface area contributed by atoms with Crippen LogP contribution < -0.4 is 10.2 Å². The van der Waals surface area contributed by atoms with E-state index in [1.165, 1.54) is 0 Å². The lowest BCUT2D eigenvalue weighted by Crippen LogP contribution is -2.55. The van der Waals surface area contributed by atoms with E-state index in [0.717, 1.165) is 37.1 Å². The monoisotopic (exact) mass is 512 g/mol. The molecular weight excluding hydrogens is 472 g/mol. The van der Waals surface area contributed by atoms with E-state index in [4.69, 9.17) is 0 Å². The van der Waals surface area contributed by atoms with Crippen LogP contribution >= 0.6 is 0 Å². The van der Waals surface area contributed by atoms with Gasteiger partial charge in [-0.15, -0.1) is 0 Å². The van der Waals surface area contributed by atoms with Gasteiger partial charge in [0.1, 0.15) is 5.82 Å². The molecule has 1 saturated carbocycles. The maximum Gasteiger partial charge on any atom is 0.306 e. The number of carbonyl (C=O) groups excluding carboxylic acids is 3. The molecule has 9 heteroatoms. The summed E-state index contributed by atoms with van der Waals surface area (Å²) < 4.78 is 0. The summed E-state index contributed by atoms with van der Waals surface area (Å²) in [5, 5.41) is 11.7. The number of pyridine rings is 1. The van der Waals surface area contributed by atoms with E-state index in [9.17, 15) is 24.3 Å². The predicted octanol–water partition coefficient (Wildman–Crippen LogP) is 3.34. The van der Waals surface area contributed by atoms with Gasteiger partial charge in [-0.25, -0.2) is 4.98 Å². The molecule has 1 atom stereocenters. The molecule has 0 spiro atoms. The SMILES string of the molecule is CN(c1ccc([C@@H]2CCC(=O)NC2=O)cn1)[C@H]1CC[C@@](C(=O)N2CCC(C(=O)O)CC2)(C(C)(C)C)CC1. The average Bonchev–Trinajstić information content (AvgIpc) is 2.87. The van der Waals surface area contributed by atoms with Crippen LogP contribution in [0.1, 0.15) is 83.6 Å². The first kappa shape index (κ1) is 27.1. The topological polar surface area (TPSA) is 120 Å². The van der Waals surface area contributed by atoms with Gasteiger partial charge in [-0.2, -0.15) is 0 Å². The van der Waals surface area contributed by atoms with Gasteiger partial charge in [0, 0.05) is 38.8 Å². The number of amides is 3. The van der Waals surface area contributed by atoms with Gasteiger partial charge in [0.25, 0.3) is 0 Å². The Hall–Kier alpha value is -2.97. The Morgan fingerprint density at radius 3 is 2.24 bits per heavy atom. The summed E-state index contributed by atoms with van der Waals surface area (Å²) in [6.45, 7) is 7.47. The van der Waals surface area contributed by atoms with E-state index in [-0.39, 0.29) is 41.0 Å². The van der Waals surface area contributed by atoms with E-state index < -0.39 is 11.4 Å². The second-order valence-electron chi connectivity index (χ2n) is 12.0. The van der Waals surface area contributed by atoms with E-state index in [1.54, 1.807) is 6.20 Å². The molecule has 0 unspecified atom stereocenters. The summed E-state index contributed by atoms with van der Waals surface area (Å²) in [6.07, 6.45) is 6.89. The largest absolute Gasteiger partial charge is 0.481 e. The summed E-state index contributed by atoms with van der Waals surface area (Å²) in [4.78, 5) is 57.6. The number of carboxylic acid groups (broad SMARTS) is 1. The Bertz CT molecular complexity index is 1030. The smallest absolute Gasteiger partial charge is 0.306 e. The molecule has 1 aromatic rings. The van der Waals surface area contributed by atoms with Crippen LogP contribution in [-0.4, -0.2) is 64.9 Å². The molecule has 0 aromatic carbocycles. The van der Waals surface area contributed by atoms with Crippen molar-refractivity contribution in [3.05, 3.63) is 23.9 Å². The predicted molar refractivity (Wildman–Crippen MR) is 139 cm³/mol. The quantitative estimate of drug-likeness (QED) is 0.581. The summed E-state index contributed by atoms with van der Waals surface area (Å²) in [7, 11) is 2.03. The fourth-order valence-electron chi connectivity index (χ4n) is 6.41. The van der Waals surface area contributed by atoms with Crippen LogP contribution in [0.25, 0.3) is 0 Å². The van der Waals surface area contributed by atoms with Crippen LogP contribution in [0, 0.1) is 16.7 Å². The molecular formula is C28H40N4O5. The molecule has 0 radical (unpaired) electrons. The highest BCUT2D eigenvalue weighted by Gasteiger charge is 2.52. The van der Waals surface area contributed by atoms with Gasteiger partial charge in [0.2, 0.25) is 17.7 Å². The van der Waals surface area contributed by atoms with Crippen molar-refractivity contribution in [3.8, 4) is 0 Å². The number of rotatable bonds is 5. The lowest BCUT2D eigenvalue weighted by Gasteiger charge is -2.51. The molecule has 1 aliphatic carbocycles. The molecule has 1 aromatic heterocycles. The molecule has 2 N–H and O–H groups in total. The van der Waals surface area contributed by atoms with Crippen LogP contribution in [0.15, 0.2) is 18.3 Å². The first-order chi connectivity index (χ1) is 17.4. The number of hydrogen-bond acceptors (Lipinski definition) is 6. The molecule has 2 saturated heterocycles. The number of imide groups is 1. The molecule has 3 heterocycles. The maximum absolute atomic E-state index is 13.9. The van der Waals surface area contributed by atoms with Gasteiger partial charge in [-0.05, 0) is 62.0 Å². The number of anilines is 1. The van der Waals surface area contributed by atoms with Gasteiger partial charge < -0.3 is 14.9 Å². The van der Waals surface area contributed by atoms with E-state index >= 15 is 0 Å². The molecule has 3 amide bonds. The molecule has 0 bridgehead atoms. The van der Waals surface area contributed by atoms with Crippen LogP contribution in [0.3, 0.4) is 0 Å².